The van der Waals surface area contributed by atoms with Crippen molar-refractivity contribution in [1.29, 1.82) is 0 Å². The third-order valence-corrected chi connectivity index (χ3v) is 2.04. The second-order valence-corrected chi connectivity index (χ2v) is 3.20. The summed E-state index contributed by atoms with van der Waals surface area (Å²) in [4.78, 5) is 1.57. The fraction of sp³-hybridized carbons (Fsp3) is 0.875. The Labute approximate surface area is 78.5 Å². The molecule has 1 N–H and O–H groups in total. The Hall–Kier alpha value is -1.13. The van der Waals surface area contributed by atoms with Crippen LogP contribution in [0.25, 0.3) is 0 Å². The van der Waals surface area contributed by atoms with Gasteiger partial charge in [0.15, 0.2) is 0 Å². The number of hydrogen-bond donors (Lipinski definition) is 1. The molecular formula is C8H17N5. The lowest BCUT2D eigenvalue weighted by Crippen LogP contribution is -2.11. The average Bonchev–Trinajstić information content (AvgIpc) is 2.61. The molecule has 0 radical (unpaired) electrons. The Morgan fingerprint density at radius 3 is 2.77 bits per heavy atom. The van der Waals surface area contributed by atoms with E-state index in [0.717, 1.165) is 19.5 Å². The molecule has 5 nitrogen and oxygen atoms in total. The first-order valence-corrected chi connectivity index (χ1v) is 4.78. The van der Waals surface area contributed by atoms with Crippen molar-refractivity contribution in [2.24, 2.45) is 5.92 Å². The third kappa shape index (κ3) is 3.01. The van der Waals surface area contributed by atoms with Gasteiger partial charge in [-0.15, -0.1) is 5.10 Å². The van der Waals surface area contributed by atoms with Crippen LogP contribution < -0.4 is 5.32 Å². The molecular weight excluding hydrogens is 166 g/mol. The van der Waals surface area contributed by atoms with Gasteiger partial charge in [0.05, 0.1) is 6.54 Å². The summed E-state index contributed by atoms with van der Waals surface area (Å²) in [7, 11) is 0. The number of anilines is 1. The van der Waals surface area contributed by atoms with Crippen molar-refractivity contribution in [2.45, 2.75) is 33.7 Å². The molecule has 5 heteroatoms. The van der Waals surface area contributed by atoms with Crippen molar-refractivity contribution in [3.63, 3.8) is 0 Å². The van der Waals surface area contributed by atoms with Crippen molar-refractivity contribution < 1.29 is 0 Å². The van der Waals surface area contributed by atoms with E-state index in [1.54, 1.807) is 4.80 Å². The molecule has 0 bridgehead atoms. The Bertz CT molecular complexity index is 244. The first-order valence-electron chi connectivity index (χ1n) is 4.78. The largest absolute Gasteiger partial charge is 0.351 e. The molecule has 0 saturated heterocycles. The Morgan fingerprint density at radius 2 is 2.23 bits per heavy atom. The number of rotatable bonds is 5. The molecule has 0 aromatic carbocycles. The maximum absolute atomic E-state index is 4.12. The van der Waals surface area contributed by atoms with Crippen LogP contribution in [0, 0.1) is 5.92 Å². The van der Waals surface area contributed by atoms with Gasteiger partial charge >= 0.3 is 0 Å². The van der Waals surface area contributed by atoms with E-state index in [1.807, 2.05) is 6.92 Å². The number of nitrogens with zero attached hydrogens (tertiary/aromatic N) is 4. The van der Waals surface area contributed by atoms with E-state index >= 15 is 0 Å². The van der Waals surface area contributed by atoms with E-state index in [9.17, 15) is 0 Å². The molecule has 1 atom stereocenters. The van der Waals surface area contributed by atoms with Gasteiger partial charge in [-0.25, -0.2) is 0 Å². The third-order valence-electron chi connectivity index (χ3n) is 2.04. The monoisotopic (exact) mass is 183 g/mol. The van der Waals surface area contributed by atoms with E-state index in [2.05, 4.69) is 34.6 Å². The Morgan fingerprint density at radius 1 is 1.46 bits per heavy atom. The van der Waals surface area contributed by atoms with Crippen LogP contribution in [-0.4, -0.2) is 26.8 Å². The number of nitrogens with one attached hydrogen (secondary N) is 1. The molecule has 0 aliphatic carbocycles. The molecule has 0 unspecified atom stereocenters. The standard InChI is InChI=1S/C8H17N5/c1-4-7(3)6-9-8-10-12-13(5-2)11-8/h7H,4-6H2,1-3H3,(H,9,11)/t7-/m0/s1. The number of aryl methyl sites for hydroxylation is 1. The quantitative estimate of drug-likeness (QED) is 0.744. The first kappa shape index (κ1) is 9.95. The zero-order chi connectivity index (χ0) is 9.68. The van der Waals surface area contributed by atoms with Crippen molar-refractivity contribution in [3.8, 4) is 0 Å². The van der Waals surface area contributed by atoms with Gasteiger partial charge in [-0.05, 0) is 18.1 Å². The minimum atomic E-state index is 0.627. The van der Waals surface area contributed by atoms with E-state index in [0.29, 0.717) is 11.9 Å². The average molecular weight is 183 g/mol. The zero-order valence-corrected chi connectivity index (χ0v) is 8.49. The summed E-state index contributed by atoms with van der Waals surface area (Å²) in [6, 6.07) is 0. The van der Waals surface area contributed by atoms with E-state index in [-0.39, 0.29) is 0 Å². The van der Waals surface area contributed by atoms with Gasteiger partial charge in [-0.2, -0.15) is 4.80 Å². The van der Waals surface area contributed by atoms with Crippen LogP contribution >= 0.6 is 0 Å². The summed E-state index contributed by atoms with van der Waals surface area (Å²) in [5.41, 5.74) is 0. The maximum Gasteiger partial charge on any atom is 0.263 e. The second-order valence-electron chi connectivity index (χ2n) is 3.20. The fourth-order valence-electron chi connectivity index (χ4n) is 0.858. The van der Waals surface area contributed by atoms with Crippen molar-refractivity contribution in [3.05, 3.63) is 0 Å². The van der Waals surface area contributed by atoms with Crippen LogP contribution in [0.3, 0.4) is 0 Å². The predicted octanol–water partition coefficient (Wildman–Crippen LogP) is 1.15. The highest BCUT2D eigenvalue weighted by molar-refractivity contribution is 5.18. The van der Waals surface area contributed by atoms with Gasteiger partial charge in [0.1, 0.15) is 0 Å². The van der Waals surface area contributed by atoms with Crippen LogP contribution in [0.4, 0.5) is 5.95 Å². The molecule has 0 amide bonds. The van der Waals surface area contributed by atoms with Gasteiger partial charge in [0.25, 0.3) is 5.95 Å². The van der Waals surface area contributed by atoms with Crippen LogP contribution in [0.2, 0.25) is 0 Å². The zero-order valence-electron chi connectivity index (χ0n) is 8.49. The van der Waals surface area contributed by atoms with Gasteiger partial charge < -0.3 is 5.32 Å². The van der Waals surface area contributed by atoms with Gasteiger partial charge in [-0.3, -0.25) is 0 Å². The molecule has 1 rings (SSSR count). The molecule has 0 spiro atoms. The van der Waals surface area contributed by atoms with Crippen molar-refractivity contribution in [2.75, 3.05) is 11.9 Å². The topological polar surface area (TPSA) is 55.6 Å². The summed E-state index contributed by atoms with van der Waals surface area (Å²) < 4.78 is 0. The lowest BCUT2D eigenvalue weighted by atomic mass is 10.1. The lowest BCUT2D eigenvalue weighted by molar-refractivity contribution is 0.551. The molecule has 1 heterocycles. The summed E-state index contributed by atoms with van der Waals surface area (Å²) in [5, 5.41) is 15.0. The van der Waals surface area contributed by atoms with Crippen LogP contribution in [0.15, 0.2) is 0 Å². The second kappa shape index (κ2) is 4.79. The molecule has 0 aliphatic heterocycles. The first-order chi connectivity index (χ1) is 6.26. The molecule has 0 saturated carbocycles. The minimum Gasteiger partial charge on any atom is -0.351 e. The van der Waals surface area contributed by atoms with Crippen LogP contribution in [0.5, 0.6) is 0 Å². The number of aromatic nitrogens is 4. The summed E-state index contributed by atoms with van der Waals surface area (Å²) in [6.07, 6.45) is 1.16. The smallest absolute Gasteiger partial charge is 0.263 e. The van der Waals surface area contributed by atoms with Gasteiger partial charge in [0.2, 0.25) is 0 Å². The highest BCUT2D eigenvalue weighted by Gasteiger charge is 2.02. The van der Waals surface area contributed by atoms with E-state index < -0.39 is 0 Å². The van der Waals surface area contributed by atoms with Crippen molar-refractivity contribution >= 4 is 5.95 Å². The molecule has 0 fully saturated rings. The summed E-state index contributed by atoms with van der Waals surface area (Å²) in [6.45, 7) is 8.02. The fourth-order valence-corrected chi connectivity index (χ4v) is 0.858. The molecule has 1 aromatic rings. The van der Waals surface area contributed by atoms with E-state index in [4.69, 9.17) is 0 Å². The van der Waals surface area contributed by atoms with Crippen LogP contribution in [-0.2, 0) is 6.54 Å². The summed E-state index contributed by atoms with van der Waals surface area (Å²) >= 11 is 0. The molecule has 13 heavy (non-hydrogen) atoms. The predicted molar refractivity (Wildman–Crippen MR) is 51.4 cm³/mol. The van der Waals surface area contributed by atoms with Gasteiger partial charge in [-0.1, -0.05) is 25.4 Å². The number of hydrogen-bond acceptors (Lipinski definition) is 4. The lowest BCUT2D eigenvalue weighted by Gasteiger charge is -2.06. The van der Waals surface area contributed by atoms with Gasteiger partial charge in [0, 0.05) is 6.54 Å². The maximum atomic E-state index is 4.12. The highest BCUT2D eigenvalue weighted by atomic mass is 15.6. The summed E-state index contributed by atoms with van der Waals surface area (Å²) in [5.74, 6) is 1.27. The highest BCUT2D eigenvalue weighted by Crippen LogP contribution is 2.01. The van der Waals surface area contributed by atoms with Crippen molar-refractivity contribution in [1.82, 2.24) is 20.2 Å². The SMILES string of the molecule is CC[C@H](C)CNc1nnn(CC)n1. The molecule has 0 aliphatic rings. The normalized spacial score (nSPS) is 12.8. The number of tetrazole rings is 1. The van der Waals surface area contributed by atoms with E-state index in [1.165, 1.54) is 0 Å². The Kier molecular flexibility index (Phi) is 3.67. The molecule has 1 aromatic heterocycles. The van der Waals surface area contributed by atoms with Crippen LogP contribution in [0.1, 0.15) is 27.2 Å². The minimum absolute atomic E-state index is 0.627. The molecule has 74 valence electrons. The Balaban J connectivity index is 2.36.